The molecular weight excluding hydrogens is 479 g/mol. The number of halogens is 1. The van der Waals surface area contributed by atoms with Gasteiger partial charge in [-0.2, -0.15) is 5.10 Å². The van der Waals surface area contributed by atoms with Crippen LogP contribution in [0.3, 0.4) is 0 Å². The lowest BCUT2D eigenvalue weighted by Gasteiger charge is -2.23. The number of aryl methyl sites for hydroxylation is 3. The summed E-state index contributed by atoms with van der Waals surface area (Å²) in [6.45, 7) is 7.93. The van der Waals surface area contributed by atoms with Gasteiger partial charge in [-0.3, -0.25) is 9.56 Å². The Balaban J connectivity index is 0.00000300. The molecule has 8 heteroatoms. The fraction of sp³-hybridized carbons (Fsp3) is 0.571. The number of nitrogens with zero attached hydrogens (tertiary/aromatic N) is 5. The van der Waals surface area contributed by atoms with Crippen molar-refractivity contribution in [2.24, 2.45) is 4.99 Å². The van der Waals surface area contributed by atoms with Crippen molar-refractivity contribution in [1.29, 1.82) is 0 Å². The molecule has 1 N–H and O–H groups in total. The van der Waals surface area contributed by atoms with E-state index in [1.165, 1.54) is 11.1 Å². The van der Waals surface area contributed by atoms with Gasteiger partial charge < -0.3 is 10.2 Å². The molecule has 0 amide bonds. The van der Waals surface area contributed by atoms with E-state index < -0.39 is 0 Å². The number of hydrogen-bond donors (Lipinski definition) is 1. The summed E-state index contributed by atoms with van der Waals surface area (Å²) in [7, 11) is 2.06. The first-order chi connectivity index (χ1) is 13.6. The van der Waals surface area contributed by atoms with Gasteiger partial charge in [0.15, 0.2) is 5.96 Å². The summed E-state index contributed by atoms with van der Waals surface area (Å²) in [5, 5.41) is 7.86. The number of hydrogen-bond acceptors (Lipinski definition) is 3. The van der Waals surface area contributed by atoms with Crippen LogP contribution in [-0.4, -0.2) is 45.3 Å². The Morgan fingerprint density at radius 1 is 1.31 bits per heavy atom. The van der Waals surface area contributed by atoms with Gasteiger partial charge in [0.2, 0.25) is 0 Å². The van der Waals surface area contributed by atoms with Crippen LogP contribution in [0.5, 0.6) is 0 Å². The van der Waals surface area contributed by atoms with Gasteiger partial charge in [-0.1, -0.05) is 24.3 Å². The number of aliphatic imine (C=N–C) groups is 1. The molecule has 1 aromatic heterocycles. The van der Waals surface area contributed by atoms with Crippen molar-refractivity contribution in [3.63, 3.8) is 0 Å². The van der Waals surface area contributed by atoms with E-state index in [2.05, 4.69) is 60.5 Å². The molecule has 1 aliphatic heterocycles. The maximum absolute atomic E-state index is 12.4. The average Bonchev–Trinajstić information content (AvgIpc) is 3.02. The van der Waals surface area contributed by atoms with Gasteiger partial charge in [0.1, 0.15) is 5.82 Å². The van der Waals surface area contributed by atoms with Gasteiger partial charge in [-0.05, 0) is 44.2 Å². The van der Waals surface area contributed by atoms with Crippen LogP contribution in [0, 0.1) is 6.92 Å². The molecule has 0 atom stereocenters. The van der Waals surface area contributed by atoms with Crippen molar-refractivity contribution in [2.45, 2.75) is 59.2 Å². The molecule has 3 rings (SSSR count). The smallest absolute Gasteiger partial charge is 0.345 e. The minimum atomic E-state index is 0. The molecule has 0 unspecified atom stereocenters. The molecule has 29 heavy (non-hydrogen) atoms. The van der Waals surface area contributed by atoms with Gasteiger partial charge in [-0.15, -0.1) is 24.0 Å². The Morgan fingerprint density at radius 2 is 2.10 bits per heavy atom. The predicted molar refractivity (Wildman–Crippen MR) is 128 cm³/mol. The molecular formula is C21H33IN6O. The second-order valence-electron chi connectivity index (χ2n) is 7.40. The fourth-order valence-electron chi connectivity index (χ4n) is 3.59. The normalized spacial score (nSPS) is 13.6. The average molecular weight is 512 g/mol. The van der Waals surface area contributed by atoms with E-state index in [1.54, 1.807) is 4.68 Å². The quantitative estimate of drug-likeness (QED) is 0.268. The van der Waals surface area contributed by atoms with Gasteiger partial charge in [-0.25, -0.2) is 9.48 Å². The monoisotopic (exact) mass is 512 g/mol. The van der Waals surface area contributed by atoms with Crippen LogP contribution in [-0.2, 0) is 26.1 Å². The Morgan fingerprint density at radius 3 is 2.83 bits per heavy atom. The lowest BCUT2D eigenvalue weighted by atomic mass is 10.1. The van der Waals surface area contributed by atoms with E-state index >= 15 is 0 Å². The standard InChI is InChI=1S/C21H32N6O.HI/c1-4-22-20(25(3)16-18-11-6-5-10-17(18)2)23-13-9-15-27-21(28)26-14-8-7-12-19(26)24-27;/h5-6,10-11H,4,7-9,12-16H2,1-3H3,(H,22,23);1H. The number of aromatic nitrogens is 3. The minimum Gasteiger partial charge on any atom is -0.357 e. The summed E-state index contributed by atoms with van der Waals surface area (Å²) < 4.78 is 3.44. The van der Waals surface area contributed by atoms with Crippen LogP contribution in [0.15, 0.2) is 34.1 Å². The van der Waals surface area contributed by atoms with E-state index in [0.717, 1.165) is 57.1 Å². The van der Waals surface area contributed by atoms with E-state index in [9.17, 15) is 4.79 Å². The maximum Gasteiger partial charge on any atom is 0.345 e. The van der Waals surface area contributed by atoms with E-state index in [-0.39, 0.29) is 29.7 Å². The summed E-state index contributed by atoms with van der Waals surface area (Å²) in [4.78, 5) is 19.3. The first kappa shape index (κ1) is 23.4. The van der Waals surface area contributed by atoms with Gasteiger partial charge in [0.05, 0.1) is 0 Å². The van der Waals surface area contributed by atoms with Crippen LogP contribution < -0.4 is 11.0 Å². The Kier molecular flexibility index (Phi) is 9.19. The van der Waals surface area contributed by atoms with Gasteiger partial charge in [0.25, 0.3) is 0 Å². The third-order valence-electron chi connectivity index (χ3n) is 5.19. The van der Waals surface area contributed by atoms with Crippen molar-refractivity contribution >= 4 is 29.9 Å². The zero-order chi connectivity index (χ0) is 19.9. The van der Waals surface area contributed by atoms with Crippen molar-refractivity contribution in [3.8, 4) is 0 Å². The molecule has 2 aromatic rings. The molecule has 1 aromatic carbocycles. The van der Waals surface area contributed by atoms with Crippen LogP contribution in [0.2, 0.25) is 0 Å². The topological polar surface area (TPSA) is 67.5 Å². The lowest BCUT2D eigenvalue weighted by Crippen LogP contribution is -2.38. The summed E-state index contributed by atoms with van der Waals surface area (Å²) in [5.74, 6) is 1.83. The molecule has 0 saturated heterocycles. The zero-order valence-electron chi connectivity index (χ0n) is 17.7. The molecule has 0 fully saturated rings. The second-order valence-corrected chi connectivity index (χ2v) is 7.40. The molecule has 0 aliphatic carbocycles. The first-order valence-corrected chi connectivity index (χ1v) is 10.3. The van der Waals surface area contributed by atoms with E-state index in [1.807, 2.05) is 4.57 Å². The molecule has 0 saturated carbocycles. The summed E-state index contributed by atoms with van der Waals surface area (Å²) in [5.41, 5.74) is 2.61. The van der Waals surface area contributed by atoms with Crippen LogP contribution in [0.1, 0.15) is 43.1 Å². The molecule has 2 heterocycles. The second kappa shape index (κ2) is 11.4. The summed E-state index contributed by atoms with van der Waals surface area (Å²) >= 11 is 0. The lowest BCUT2D eigenvalue weighted by molar-refractivity contribution is 0.473. The summed E-state index contributed by atoms with van der Waals surface area (Å²) in [6, 6.07) is 8.42. The van der Waals surface area contributed by atoms with Crippen LogP contribution >= 0.6 is 24.0 Å². The highest BCUT2D eigenvalue weighted by Crippen LogP contribution is 2.10. The van der Waals surface area contributed by atoms with Crippen LogP contribution in [0.25, 0.3) is 0 Å². The highest BCUT2D eigenvalue weighted by Gasteiger charge is 2.16. The predicted octanol–water partition coefficient (Wildman–Crippen LogP) is 2.80. The first-order valence-electron chi connectivity index (χ1n) is 10.3. The highest BCUT2D eigenvalue weighted by atomic mass is 127. The number of guanidine groups is 1. The highest BCUT2D eigenvalue weighted by molar-refractivity contribution is 14.0. The van der Waals surface area contributed by atoms with Gasteiger partial charge >= 0.3 is 5.69 Å². The summed E-state index contributed by atoms with van der Waals surface area (Å²) in [6.07, 6.45) is 3.90. The Bertz CT molecular complexity index is 872. The fourth-order valence-corrected chi connectivity index (χ4v) is 3.59. The van der Waals surface area contributed by atoms with Crippen molar-refractivity contribution < 1.29 is 0 Å². The molecule has 0 bridgehead atoms. The minimum absolute atomic E-state index is 0. The third kappa shape index (κ3) is 6.07. The van der Waals surface area contributed by atoms with Crippen molar-refractivity contribution in [3.05, 3.63) is 51.7 Å². The van der Waals surface area contributed by atoms with Crippen LogP contribution in [0.4, 0.5) is 0 Å². The van der Waals surface area contributed by atoms with E-state index in [0.29, 0.717) is 13.1 Å². The maximum atomic E-state index is 12.4. The SMILES string of the molecule is CCNC(=NCCCn1nc2n(c1=O)CCCC2)N(C)Cc1ccccc1C.I. The molecule has 160 valence electrons. The Labute approximate surface area is 190 Å². The number of nitrogens with one attached hydrogen (secondary N) is 1. The van der Waals surface area contributed by atoms with E-state index in [4.69, 9.17) is 4.99 Å². The largest absolute Gasteiger partial charge is 0.357 e. The number of rotatable bonds is 7. The van der Waals surface area contributed by atoms with Crippen molar-refractivity contribution in [2.75, 3.05) is 20.1 Å². The van der Waals surface area contributed by atoms with Gasteiger partial charge in [0, 0.05) is 46.2 Å². The third-order valence-corrected chi connectivity index (χ3v) is 5.19. The Hall–Kier alpha value is -1.84. The van der Waals surface area contributed by atoms with Crippen molar-refractivity contribution in [1.82, 2.24) is 24.6 Å². The zero-order valence-corrected chi connectivity index (χ0v) is 20.1. The number of benzene rings is 1. The molecule has 1 aliphatic rings. The molecule has 0 spiro atoms. The molecule has 0 radical (unpaired) electrons. The number of fused-ring (bicyclic) bond motifs is 1. The molecule has 7 nitrogen and oxygen atoms in total.